The molecule has 0 radical (unpaired) electrons. The monoisotopic (exact) mass is 422 g/mol. The van der Waals surface area contributed by atoms with Crippen LogP contribution in [-0.2, 0) is 20.5 Å². The van der Waals surface area contributed by atoms with Crippen molar-refractivity contribution in [2.45, 2.75) is 72.4 Å². The van der Waals surface area contributed by atoms with Crippen LogP contribution >= 0.6 is 0 Å². The normalized spacial score (nSPS) is 16.5. The maximum atomic E-state index is 10.7. The summed E-state index contributed by atoms with van der Waals surface area (Å²) in [6.07, 6.45) is 1.58. The Balaban J connectivity index is 2.35. The van der Waals surface area contributed by atoms with Crippen LogP contribution in [-0.4, -0.2) is 39.5 Å². The predicted molar refractivity (Wildman–Crippen MR) is 123 cm³/mol. The van der Waals surface area contributed by atoms with Crippen LogP contribution in [0.5, 0.6) is 0 Å². The van der Waals surface area contributed by atoms with Crippen molar-refractivity contribution in [1.82, 2.24) is 0 Å². The molecule has 1 N–H and O–H groups in total. The van der Waals surface area contributed by atoms with Crippen LogP contribution in [0.2, 0.25) is 18.1 Å². The third kappa shape index (κ3) is 9.58. The molecule has 0 aromatic heterocycles. The van der Waals surface area contributed by atoms with E-state index in [1.54, 1.807) is 0 Å². The van der Waals surface area contributed by atoms with E-state index >= 15 is 0 Å². The highest BCUT2D eigenvalue weighted by Crippen LogP contribution is 2.37. The van der Waals surface area contributed by atoms with E-state index in [9.17, 15) is 5.11 Å². The zero-order chi connectivity index (χ0) is 22.1. The van der Waals surface area contributed by atoms with Crippen molar-refractivity contribution >= 4 is 8.32 Å². The van der Waals surface area contributed by atoms with Crippen LogP contribution in [0, 0.1) is 11.8 Å². The molecule has 0 saturated carbocycles. The van der Waals surface area contributed by atoms with Crippen LogP contribution in [0.15, 0.2) is 42.0 Å². The Hall–Kier alpha value is -0.983. The number of aliphatic hydroxyl groups is 1. The summed E-state index contributed by atoms with van der Waals surface area (Å²) in [6.45, 7) is 19.3. The Kier molecular flexibility index (Phi) is 10.8. The van der Waals surface area contributed by atoms with Crippen LogP contribution in [0.25, 0.3) is 0 Å². The van der Waals surface area contributed by atoms with E-state index in [1.807, 2.05) is 44.2 Å². The second kappa shape index (κ2) is 12.0. The van der Waals surface area contributed by atoms with Crippen molar-refractivity contribution in [3.8, 4) is 0 Å². The summed E-state index contributed by atoms with van der Waals surface area (Å²) in [5.41, 5.74) is 2.11. The highest BCUT2D eigenvalue weighted by molar-refractivity contribution is 6.74. The van der Waals surface area contributed by atoms with E-state index in [0.717, 1.165) is 11.1 Å². The number of hydrogen-bond acceptors (Lipinski definition) is 4. The highest BCUT2D eigenvalue weighted by atomic mass is 28.4. The van der Waals surface area contributed by atoms with Gasteiger partial charge in [0.2, 0.25) is 0 Å². The Labute approximate surface area is 179 Å². The highest BCUT2D eigenvalue weighted by Gasteiger charge is 2.37. The van der Waals surface area contributed by atoms with Crippen molar-refractivity contribution in [3.05, 3.63) is 47.5 Å². The summed E-state index contributed by atoms with van der Waals surface area (Å²) in [6, 6.07) is 10.1. The van der Waals surface area contributed by atoms with Crippen LogP contribution < -0.4 is 0 Å². The summed E-state index contributed by atoms with van der Waals surface area (Å²) >= 11 is 0. The van der Waals surface area contributed by atoms with Gasteiger partial charge in [0.05, 0.1) is 19.3 Å². The summed E-state index contributed by atoms with van der Waals surface area (Å²) in [5.74, 6) is 0.265. The van der Waals surface area contributed by atoms with E-state index in [-0.39, 0.29) is 23.7 Å². The molecule has 0 aliphatic carbocycles. The fourth-order valence-electron chi connectivity index (χ4n) is 2.72. The molecule has 0 fully saturated rings. The first-order valence-electron chi connectivity index (χ1n) is 10.6. The van der Waals surface area contributed by atoms with Gasteiger partial charge in [-0.2, -0.15) is 0 Å². The lowest BCUT2D eigenvalue weighted by molar-refractivity contribution is -0.0669. The lowest BCUT2D eigenvalue weighted by Crippen LogP contribution is -2.42. The standard InChI is InChI=1S/C24H42O4Si/c1-19(15-26-18-27-17-22-12-10-9-11-13-22)14-20(2)23(25)21(3)16-28-29(7,8)24(4,5)6/h9-14,19,21,23,25H,15-18H2,1-8H3/b20-14+/t19-,21-,23-/m1/s1. The van der Waals surface area contributed by atoms with E-state index < -0.39 is 14.4 Å². The zero-order valence-electron chi connectivity index (χ0n) is 19.7. The summed E-state index contributed by atoms with van der Waals surface area (Å²) in [4.78, 5) is 0. The van der Waals surface area contributed by atoms with Crippen LogP contribution in [0.1, 0.15) is 47.1 Å². The molecule has 1 aromatic carbocycles. The van der Waals surface area contributed by atoms with E-state index in [1.165, 1.54) is 0 Å². The lowest BCUT2D eigenvalue weighted by Gasteiger charge is -2.37. The topological polar surface area (TPSA) is 47.9 Å². The van der Waals surface area contributed by atoms with Gasteiger partial charge >= 0.3 is 0 Å². The number of benzene rings is 1. The van der Waals surface area contributed by atoms with E-state index in [0.29, 0.717) is 19.8 Å². The minimum absolute atomic E-state index is 0.0581. The summed E-state index contributed by atoms with van der Waals surface area (Å²) in [5, 5.41) is 10.8. The Morgan fingerprint density at radius 3 is 2.28 bits per heavy atom. The first-order chi connectivity index (χ1) is 13.4. The SMILES string of the molecule is C/C(=C\[C@@H](C)COCOCc1ccccc1)[C@@H](O)[C@H](C)CO[Si](C)(C)C(C)(C)C. The lowest BCUT2D eigenvalue weighted by atomic mass is 9.96. The molecule has 3 atom stereocenters. The average molecular weight is 423 g/mol. The fourth-order valence-corrected chi connectivity index (χ4v) is 3.83. The first-order valence-corrected chi connectivity index (χ1v) is 13.5. The van der Waals surface area contributed by atoms with Gasteiger partial charge in [-0.05, 0) is 42.1 Å². The molecule has 166 valence electrons. The number of aliphatic hydroxyl groups excluding tert-OH is 1. The van der Waals surface area contributed by atoms with Gasteiger partial charge in [-0.25, -0.2) is 0 Å². The molecule has 29 heavy (non-hydrogen) atoms. The maximum absolute atomic E-state index is 10.7. The molecule has 0 aliphatic rings. The third-order valence-corrected chi connectivity index (χ3v) is 10.2. The molecular weight excluding hydrogens is 380 g/mol. The quantitative estimate of drug-likeness (QED) is 0.201. The van der Waals surface area contributed by atoms with Gasteiger partial charge in [-0.1, -0.05) is 71.0 Å². The largest absolute Gasteiger partial charge is 0.416 e. The van der Waals surface area contributed by atoms with Gasteiger partial charge in [0, 0.05) is 12.5 Å². The van der Waals surface area contributed by atoms with Crippen LogP contribution in [0.4, 0.5) is 0 Å². The third-order valence-electron chi connectivity index (χ3n) is 5.73. The number of hydrogen-bond donors (Lipinski definition) is 1. The smallest absolute Gasteiger partial charge is 0.191 e. The second-order valence-electron chi connectivity index (χ2n) is 9.70. The molecule has 1 aromatic rings. The van der Waals surface area contributed by atoms with E-state index in [4.69, 9.17) is 13.9 Å². The summed E-state index contributed by atoms with van der Waals surface area (Å²) in [7, 11) is -1.79. The molecule has 1 rings (SSSR count). The summed E-state index contributed by atoms with van der Waals surface area (Å²) < 4.78 is 17.4. The molecule has 0 unspecified atom stereocenters. The molecule has 4 nitrogen and oxygen atoms in total. The van der Waals surface area contributed by atoms with E-state index in [2.05, 4.69) is 46.9 Å². The van der Waals surface area contributed by atoms with Crippen molar-refractivity contribution < 1.29 is 19.0 Å². The number of ether oxygens (including phenoxy) is 2. The fraction of sp³-hybridized carbons (Fsp3) is 0.667. The Morgan fingerprint density at radius 2 is 1.69 bits per heavy atom. The molecule has 0 spiro atoms. The first kappa shape index (κ1) is 26.1. The van der Waals surface area contributed by atoms with Crippen molar-refractivity contribution in [3.63, 3.8) is 0 Å². The molecular formula is C24H42O4Si. The maximum Gasteiger partial charge on any atom is 0.191 e. The number of rotatable bonds is 12. The van der Waals surface area contributed by atoms with Crippen molar-refractivity contribution in [2.75, 3.05) is 20.0 Å². The minimum atomic E-state index is -1.79. The zero-order valence-corrected chi connectivity index (χ0v) is 20.7. The molecule has 0 bridgehead atoms. The van der Waals surface area contributed by atoms with Gasteiger partial charge in [0.15, 0.2) is 8.32 Å². The molecule has 0 saturated heterocycles. The van der Waals surface area contributed by atoms with Crippen LogP contribution in [0.3, 0.4) is 0 Å². The predicted octanol–water partition coefficient (Wildman–Crippen LogP) is 5.78. The average Bonchev–Trinajstić information content (AvgIpc) is 2.65. The van der Waals surface area contributed by atoms with Gasteiger partial charge in [0.25, 0.3) is 0 Å². The van der Waals surface area contributed by atoms with Gasteiger partial charge in [0.1, 0.15) is 6.79 Å². The van der Waals surface area contributed by atoms with Gasteiger partial charge in [-0.3, -0.25) is 0 Å². The molecule has 0 aliphatic heterocycles. The Morgan fingerprint density at radius 1 is 1.07 bits per heavy atom. The van der Waals surface area contributed by atoms with Crippen molar-refractivity contribution in [1.29, 1.82) is 0 Å². The van der Waals surface area contributed by atoms with Gasteiger partial charge in [-0.15, -0.1) is 0 Å². The minimum Gasteiger partial charge on any atom is -0.416 e. The Bertz CT molecular complexity index is 607. The van der Waals surface area contributed by atoms with Crippen molar-refractivity contribution in [2.24, 2.45) is 11.8 Å². The van der Waals surface area contributed by atoms with Gasteiger partial charge < -0.3 is 19.0 Å². The molecule has 5 heteroatoms. The molecule has 0 heterocycles. The molecule has 0 amide bonds. The second-order valence-corrected chi connectivity index (χ2v) is 14.5.